The summed E-state index contributed by atoms with van der Waals surface area (Å²) < 4.78 is 42.6. The highest BCUT2D eigenvalue weighted by molar-refractivity contribution is 5.68. The quantitative estimate of drug-likeness (QED) is 0.188. The van der Waals surface area contributed by atoms with Crippen LogP contribution in [0, 0.1) is 0 Å². The van der Waals surface area contributed by atoms with Gasteiger partial charge in [0.05, 0.1) is 0 Å². The Morgan fingerprint density at radius 3 is 1.66 bits per heavy atom. The summed E-state index contributed by atoms with van der Waals surface area (Å²) in [5.74, 6) is -6.52. The van der Waals surface area contributed by atoms with Gasteiger partial charge in [-0.1, -0.05) is 0 Å². The Morgan fingerprint density at radius 1 is 0.711 bits per heavy atom. The van der Waals surface area contributed by atoms with Crippen LogP contribution in [0.4, 0.5) is 0 Å². The molecule has 0 bridgehead atoms. The van der Waals surface area contributed by atoms with Gasteiger partial charge in [-0.15, -0.1) is 0 Å². The zero-order valence-electron chi connectivity index (χ0n) is 21.4. The van der Waals surface area contributed by atoms with Crippen molar-refractivity contribution >= 4 is 29.8 Å². The van der Waals surface area contributed by atoms with E-state index in [9.17, 15) is 39.3 Å². The summed E-state index contributed by atoms with van der Waals surface area (Å²) in [6.45, 7) is 3.12. The molecule has 2 rings (SSSR count). The number of ether oxygens (including phenoxy) is 8. The van der Waals surface area contributed by atoms with Crippen molar-refractivity contribution in [3.63, 3.8) is 0 Å². The first-order chi connectivity index (χ1) is 17.7. The van der Waals surface area contributed by atoms with E-state index in [1.165, 1.54) is 0 Å². The number of aliphatic hydroxyl groups is 3. The minimum Gasteiger partial charge on any atom is -0.463 e. The van der Waals surface area contributed by atoms with Gasteiger partial charge in [0.1, 0.15) is 44.2 Å². The number of rotatable bonds is 10. The van der Waals surface area contributed by atoms with Crippen LogP contribution in [-0.4, -0.2) is 120 Å². The number of carbonyl (C=O) groups is 5. The molecular weight excluding hydrogens is 520 g/mol. The molecule has 0 aliphatic carbocycles. The normalized spacial score (nSPS) is 34.6. The molecule has 0 amide bonds. The lowest BCUT2D eigenvalue weighted by Crippen LogP contribution is -2.65. The van der Waals surface area contributed by atoms with Gasteiger partial charge < -0.3 is 53.2 Å². The van der Waals surface area contributed by atoms with Crippen molar-refractivity contribution in [2.45, 2.75) is 89.4 Å². The molecule has 3 N–H and O–H groups in total. The van der Waals surface area contributed by atoms with Crippen molar-refractivity contribution in [3.05, 3.63) is 0 Å². The smallest absolute Gasteiger partial charge is 0.303 e. The van der Waals surface area contributed by atoms with Gasteiger partial charge in [0, 0.05) is 34.6 Å². The molecule has 0 saturated carbocycles. The summed E-state index contributed by atoms with van der Waals surface area (Å²) >= 11 is 0. The SMILES string of the molecule is CC(=O)OCC1O[C@H](O[C@]2(CO)O[C@H](COC(C)=O)[C@H](O)C2O)C(OC(C)=O)[C@@H](OC(C)=O)[C@@H]1OC(C)=O. The highest BCUT2D eigenvalue weighted by Gasteiger charge is 2.60. The van der Waals surface area contributed by atoms with Crippen LogP contribution in [0.5, 0.6) is 0 Å². The van der Waals surface area contributed by atoms with Gasteiger partial charge in [0.25, 0.3) is 0 Å². The molecule has 216 valence electrons. The number of esters is 5. The van der Waals surface area contributed by atoms with E-state index in [2.05, 4.69) is 0 Å². The maximum atomic E-state index is 11.9. The molecule has 0 aromatic heterocycles. The van der Waals surface area contributed by atoms with Crippen molar-refractivity contribution in [3.8, 4) is 0 Å². The minimum atomic E-state index is -2.42. The zero-order valence-corrected chi connectivity index (χ0v) is 21.4. The molecule has 16 heteroatoms. The Hall–Kier alpha value is -2.89. The number of carbonyl (C=O) groups excluding carboxylic acids is 5. The fraction of sp³-hybridized carbons (Fsp3) is 0.773. The average Bonchev–Trinajstić information content (AvgIpc) is 3.04. The first kappa shape index (κ1) is 31.3. The summed E-state index contributed by atoms with van der Waals surface area (Å²) in [7, 11) is 0. The molecular formula is C22H32O16. The fourth-order valence-electron chi connectivity index (χ4n) is 3.94. The third-order valence-corrected chi connectivity index (χ3v) is 5.44. The third-order valence-electron chi connectivity index (χ3n) is 5.44. The van der Waals surface area contributed by atoms with Crippen molar-refractivity contribution in [2.24, 2.45) is 0 Å². The number of hydrogen-bond donors (Lipinski definition) is 3. The Labute approximate surface area is 216 Å². The van der Waals surface area contributed by atoms with E-state index >= 15 is 0 Å². The first-order valence-corrected chi connectivity index (χ1v) is 11.5. The standard InChI is InChI=1S/C22H32O16/c1-9(24)31-6-14-16(29)20(30)22(8-23,37-14)38-21-19(35-13(5)28)18(34-12(4)27)17(33-11(3)26)15(36-21)7-32-10(2)25/h14-21,23,29-30H,6-8H2,1-5H3/t14-,15?,16+,17-,18+,19?,20?,21-,22+/m1/s1. The van der Waals surface area contributed by atoms with Crippen LogP contribution >= 0.6 is 0 Å². The van der Waals surface area contributed by atoms with Crippen molar-refractivity contribution in [1.29, 1.82) is 0 Å². The topological polar surface area (TPSA) is 220 Å². The fourth-order valence-corrected chi connectivity index (χ4v) is 3.94. The van der Waals surface area contributed by atoms with Crippen LogP contribution in [0.25, 0.3) is 0 Å². The molecule has 38 heavy (non-hydrogen) atoms. The van der Waals surface area contributed by atoms with Gasteiger partial charge in [-0.25, -0.2) is 0 Å². The van der Waals surface area contributed by atoms with Gasteiger partial charge in [-0.3, -0.25) is 24.0 Å². The van der Waals surface area contributed by atoms with Crippen LogP contribution in [0.2, 0.25) is 0 Å². The molecule has 2 heterocycles. The largest absolute Gasteiger partial charge is 0.463 e. The van der Waals surface area contributed by atoms with E-state index in [0.717, 1.165) is 34.6 Å². The summed E-state index contributed by atoms with van der Waals surface area (Å²) in [5.41, 5.74) is 0. The lowest BCUT2D eigenvalue weighted by Gasteiger charge is -2.46. The summed E-state index contributed by atoms with van der Waals surface area (Å²) in [4.78, 5) is 58.3. The highest BCUT2D eigenvalue weighted by atomic mass is 16.8. The van der Waals surface area contributed by atoms with E-state index in [-0.39, 0.29) is 0 Å². The van der Waals surface area contributed by atoms with Crippen LogP contribution in [0.1, 0.15) is 34.6 Å². The second-order valence-corrected chi connectivity index (χ2v) is 8.55. The lowest BCUT2D eigenvalue weighted by atomic mass is 9.97. The number of aliphatic hydroxyl groups excluding tert-OH is 3. The highest BCUT2D eigenvalue weighted by Crippen LogP contribution is 2.38. The summed E-state index contributed by atoms with van der Waals surface area (Å²) in [6, 6.07) is 0. The Morgan fingerprint density at radius 2 is 1.18 bits per heavy atom. The zero-order chi connectivity index (χ0) is 28.8. The van der Waals surface area contributed by atoms with E-state index < -0.39 is 104 Å². The molecule has 16 nitrogen and oxygen atoms in total. The first-order valence-electron chi connectivity index (χ1n) is 11.5. The molecule has 0 radical (unpaired) electrons. The summed E-state index contributed by atoms with van der Waals surface area (Å²) in [6.07, 6.45) is -13.0. The molecule has 0 aromatic carbocycles. The van der Waals surface area contributed by atoms with E-state index in [1.807, 2.05) is 0 Å². The molecule has 2 saturated heterocycles. The van der Waals surface area contributed by atoms with Crippen molar-refractivity contribution in [2.75, 3.05) is 19.8 Å². The maximum absolute atomic E-state index is 11.9. The van der Waals surface area contributed by atoms with Crippen LogP contribution in [0.3, 0.4) is 0 Å². The number of hydrogen-bond acceptors (Lipinski definition) is 16. The van der Waals surface area contributed by atoms with Gasteiger partial charge >= 0.3 is 29.8 Å². The predicted molar refractivity (Wildman–Crippen MR) is 116 cm³/mol. The monoisotopic (exact) mass is 552 g/mol. The predicted octanol–water partition coefficient (Wildman–Crippen LogP) is -2.54. The van der Waals surface area contributed by atoms with Gasteiger partial charge in [0.2, 0.25) is 12.1 Å². The van der Waals surface area contributed by atoms with Gasteiger partial charge in [-0.05, 0) is 0 Å². The minimum absolute atomic E-state index is 0.517. The Bertz CT molecular complexity index is 891. The molecule has 0 aromatic rings. The third kappa shape index (κ3) is 7.81. The Balaban J connectivity index is 2.49. The van der Waals surface area contributed by atoms with E-state index in [0.29, 0.717) is 0 Å². The van der Waals surface area contributed by atoms with Crippen LogP contribution in [0.15, 0.2) is 0 Å². The van der Waals surface area contributed by atoms with E-state index in [4.69, 9.17) is 37.9 Å². The van der Waals surface area contributed by atoms with Crippen molar-refractivity contribution < 1.29 is 77.2 Å². The Kier molecular flexibility index (Phi) is 10.9. The average molecular weight is 552 g/mol. The maximum Gasteiger partial charge on any atom is 0.303 e. The van der Waals surface area contributed by atoms with Crippen LogP contribution < -0.4 is 0 Å². The second-order valence-electron chi connectivity index (χ2n) is 8.55. The second kappa shape index (κ2) is 13.3. The molecule has 9 atom stereocenters. The van der Waals surface area contributed by atoms with Crippen LogP contribution in [-0.2, 0) is 61.9 Å². The molecule has 0 spiro atoms. The van der Waals surface area contributed by atoms with Crippen molar-refractivity contribution in [1.82, 2.24) is 0 Å². The lowest BCUT2D eigenvalue weighted by molar-refractivity contribution is -0.384. The van der Waals surface area contributed by atoms with Gasteiger partial charge in [0.15, 0.2) is 18.3 Å². The molecule has 2 aliphatic rings. The van der Waals surface area contributed by atoms with Gasteiger partial charge in [-0.2, -0.15) is 0 Å². The molecule has 2 fully saturated rings. The molecule has 2 aliphatic heterocycles. The molecule has 3 unspecified atom stereocenters. The van der Waals surface area contributed by atoms with E-state index in [1.54, 1.807) is 0 Å². The summed E-state index contributed by atoms with van der Waals surface area (Å²) in [5, 5.41) is 31.2.